The fourth-order valence-corrected chi connectivity index (χ4v) is 4.29. The zero-order valence-corrected chi connectivity index (χ0v) is 16.8. The molecule has 2 amide bonds. The molecule has 1 aliphatic rings. The van der Waals surface area contributed by atoms with E-state index in [4.69, 9.17) is 0 Å². The molecular formula is C21H22F2N2O3S. The van der Waals surface area contributed by atoms with Crippen molar-refractivity contribution in [2.24, 2.45) is 0 Å². The average molecular weight is 420 g/mol. The van der Waals surface area contributed by atoms with Gasteiger partial charge in [-0.2, -0.15) is 0 Å². The first-order valence-corrected chi connectivity index (χ1v) is 10.5. The molecule has 154 valence electrons. The number of carbonyl (C=O) groups is 2. The molecule has 1 atom stereocenters. The second kappa shape index (κ2) is 9.26. The second-order valence-electron chi connectivity index (χ2n) is 6.82. The van der Waals surface area contributed by atoms with Crippen molar-refractivity contribution in [1.82, 2.24) is 10.4 Å². The number of carbonyl (C=O) groups excluding carboxylic acids is 2. The molecule has 8 heteroatoms. The Bertz CT molecular complexity index is 923. The molecule has 3 rings (SSSR count). The predicted octanol–water partition coefficient (Wildman–Crippen LogP) is 4.46. The summed E-state index contributed by atoms with van der Waals surface area (Å²) >= 11 is 1.47. The lowest BCUT2D eigenvalue weighted by molar-refractivity contribution is -0.130. The SMILES string of the molecule is CCCCCC1SCC(=O)N1NC(=O)c1cc(-c2ccc(F)cc2F)ccc1O. The Labute approximate surface area is 172 Å². The van der Waals surface area contributed by atoms with Crippen molar-refractivity contribution < 1.29 is 23.5 Å². The van der Waals surface area contributed by atoms with Crippen molar-refractivity contribution in [2.75, 3.05) is 5.75 Å². The number of phenolic OH excluding ortho intramolecular Hbond substituents is 1. The van der Waals surface area contributed by atoms with E-state index in [1.54, 1.807) is 0 Å². The van der Waals surface area contributed by atoms with Gasteiger partial charge in [-0.05, 0) is 36.2 Å². The minimum absolute atomic E-state index is 0.0942. The molecular weight excluding hydrogens is 398 g/mol. The number of hydrazine groups is 1. The number of halogens is 2. The fourth-order valence-electron chi connectivity index (χ4n) is 3.17. The molecule has 0 aromatic heterocycles. The van der Waals surface area contributed by atoms with Crippen LogP contribution in [0.1, 0.15) is 43.0 Å². The topological polar surface area (TPSA) is 69.6 Å². The van der Waals surface area contributed by atoms with Crippen LogP contribution < -0.4 is 5.43 Å². The van der Waals surface area contributed by atoms with E-state index < -0.39 is 17.5 Å². The number of unbranched alkanes of at least 4 members (excludes halogenated alkanes) is 2. The van der Waals surface area contributed by atoms with E-state index in [-0.39, 0.29) is 33.9 Å². The smallest absolute Gasteiger partial charge is 0.273 e. The summed E-state index contributed by atoms with van der Waals surface area (Å²) in [6.07, 6.45) is 3.80. The van der Waals surface area contributed by atoms with Crippen molar-refractivity contribution in [3.8, 4) is 16.9 Å². The number of benzene rings is 2. The fraction of sp³-hybridized carbons (Fsp3) is 0.333. The summed E-state index contributed by atoms with van der Waals surface area (Å²) in [5.74, 6) is -2.36. The van der Waals surface area contributed by atoms with Gasteiger partial charge in [0.25, 0.3) is 11.8 Å². The molecule has 0 aliphatic carbocycles. The number of phenols is 1. The normalized spacial score (nSPS) is 16.3. The van der Waals surface area contributed by atoms with Gasteiger partial charge in [0.15, 0.2) is 0 Å². The highest BCUT2D eigenvalue weighted by molar-refractivity contribution is 8.00. The maximum Gasteiger partial charge on any atom is 0.273 e. The molecule has 1 heterocycles. The van der Waals surface area contributed by atoms with Crippen molar-refractivity contribution >= 4 is 23.6 Å². The second-order valence-corrected chi connectivity index (χ2v) is 7.99. The minimum Gasteiger partial charge on any atom is -0.507 e. The number of hydrogen-bond acceptors (Lipinski definition) is 4. The van der Waals surface area contributed by atoms with Crippen LogP contribution in [0.25, 0.3) is 11.1 Å². The molecule has 29 heavy (non-hydrogen) atoms. The van der Waals surface area contributed by atoms with Crippen LogP contribution in [-0.4, -0.2) is 33.1 Å². The minimum atomic E-state index is -0.774. The maximum atomic E-state index is 14.1. The van der Waals surface area contributed by atoms with E-state index in [0.717, 1.165) is 37.8 Å². The number of thioether (sulfide) groups is 1. The lowest BCUT2D eigenvalue weighted by Gasteiger charge is -2.24. The van der Waals surface area contributed by atoms with Gasteiger partial charge in [0.05, 0.1) is 16.7 Å². The highest BCUT2D eigenvalue weighted by atomic mass is 32.2. The quantitative estimate of drug-likeness (QED) is 0.649. The van der Waals surface area contributed by atoms with Crippen LogP contribution >= 0.6 is 11.8 Å². The first-order chi connectivity index (χ1) is 13.9. The van der Waals surface area contributed by atoms with Gasteiger partial charge in [-0.1, -0.05) is 32.3 Å². The summed E-state index contributed by atoms with van der Waals surface area (Å²) in [6, 6.07) is 7.16. The monoisotopic (exact) mass is 420 g/mol. The third-order valence-corrected chi connectivity index (χ3v) is 5.96. The van der Waals surface area contributed by atoms with Crippen molar-refractivity contribution in [2.45, 2.75) is 38.0 Å². The van der Waals surface area contributed by atoms with E-state index in [0.29, 0.717) is 5.56 Å². The van der Waals surface area contributed by atoms with Gasteiger partial charge in [0.2, 0.25) is 0 Å². The summed E-state index contributed by atoms with van der Waals surface area (Å²) in [5.41, 5.74) is 2.90. The summed E-state index contributed by atoms with van der Waals surface area (Å²) in [5, 5.41) is 11.3. The third-order valence-electron chi connectivity index (χ3n) is 4.72. The zero-order valence-electron chi connectivity index (χ0n) is 16.0. The Hall–Kier alpha value is -2.61. The van der Waals surface area contributed by atoms with Gasteiger partial charge >= 0.3 is 0 Å². The predicted molar refractivity (Wildman–Crippen MR) is 108 cm³/mol. The van der Waals surface area contributed by atoms with Crippen LogP contribution in [0.3, 0.4) is 0 Å². The lowest BCUT2D eigenvalue weighted by Crippen LogP contribution is -2.47. The highest BCUT2D eigenvalue weighted by Gasteiger charge is 2.33. The molecule has 1 unspecified atom stereocenters. The molecule has 5 nitrogen and oxygen atoms in total. The lowest BCUT2D eigenvalue weighted by atomic mass is 10.0. The molecule has 1 aliphatic heterocycles. The van der Waals surface area contributed by atoms with E-state index in [2.05, 4.69) is 12.3 Å². The van der Waals surface area contributed by atoms with Gasteiger partial charge in [0, 0.05) is 11.6 Å². The molecule has 2 aromatic carbocycles. The molecule has 0 spiro atoms. The van der Waals surface area contributed by atoms with Gasteiger partial charge < -0.3 is 5.11 Å². The number of nitrogens with zero attached hydrogens (tertiary/aromatic N) is 1. The number of rotatable bonds is 7. The molecule has 2 aromatic rings. The number of aromatic hydroxyl groups is 1. The summed E-state index contributed by atoms with van der Waals surface area (Å²) in [7, 11) is 0. The van der Waals surface area contributed by atoms with Crippen LogP contribution in [0.4, 0.5) is 8.78 Å². The summed E-state index contributed by atoms with van der Waals surface area (Å²) < 4.78 is 27.3. The Morgan fingerprint density at radius 3 is 2.76 bits per heavy atom. The van der Waals surface area contributed by atoms with Crippen molar-refractivity contribution in [1.29, 1.82) is 0 Å². The van der Waals surface area contributed by atoms with Crippen molar-refractivity contribution in [3.05, 3.63) is 53.6 Å². The van der Waals surface area contributed by atoms with Gasteiger partial charge in [-0.3, -0.25) is 15.0 Å². The highest BCUT2D eigenvalue weighted by Crippen LogP contribution is 2.30. The van der Waals surface area contributed by atoms with Gasteiger partial charge in [-0.25, -0.2) is 13.8 Å². The number of hydrogen-bond donors (Lipinski definition) is 2. The van der Waals surface area contributed by atoms with Gasteiger partial charge in [0.1, 0.15) is 17.4 Å². The van der Waals surface area contributed by atoms with E-state index in [1.165, 1.54) is 41.0 Å². The number of amides is 2. The third kappa shape index (κ3) is 4.87. The Morgan fingerprint density at radius 2 is 2.03 bits per heavy atom. The van der Waals surface area contributed by atoms with E-state index in [9.17, 15) is 23.5 Å². The molecule has 0 saturated carbocycles. The Morgan fingerprint density at radius 1 is 1.24 bits per heavy atom. The first kappa shape index (κ1) is 21.1. The van der Waals surface area contributed by atoms with Crippen molar-refractivity contribution in [3.63, 3.8) is 0 Å². The van der Waals surface area contributed by atoms with E-state index >= 15 is 0 Å². The largest absolute Gasteiger partial charge is 0.507 e. The molecule has 1 fully saturated rings. The van der Waals surface area contributed by atoms with Crippen LogP contribution in [0.2, 0.25) is 0 Å². The Balaban J connectivity index is 1.80. The summed E-state index contributed by atoms with van der Waals surface area (Å²) in [6.45, 7) is 2.09. The molecule has 0 bridgehead atoms. The van der Waals surface area contributed by atoms with Gasteiger partial charge in [-0.15, -0.1) is 11.8 Å². The zero-order chi connectivity index (χ0) is 21.0. The molecule has 2 N–H and O–H groups in total. The van der Waals surface area contributed by atoms with Crippen LogP contribution in [-0.2, 0) is 4.79 Å². The Kier molecular flexibility index (Phi) is 6.74. The standard InChI is InChI=1S/C21H22F2N2O3S/c1-2-3-4-5-20-25(19(27)12-29-20)24-21(28)16-10-13(6-9-18(16)26)15-8-7-14(22)11-17(15)23/h6-11,20,26H,2-5,12H2,1H3,(H,24,28). The molecule has 1 saturated heterocycles. The van der Waals surface area contributed by atoms with Crippen LogP contribution in [0.15, 0.2) is 36.4 Å². The number of nitrogens with one attached hydrogen (secondary N) is 1. The molecule has 0 radical (unpaired) electrons. The van der Waals surface area contributed by atoms with Crippen LogP contribution in [0, 0.1) is 11.6 Å². The van der Waals surface area contributed by atoms with Crippen LogP contribution in [0.5, 0.6) is 5.75 Å². The maximum absolute atomic E-state index is 14.1. The first-order valence-electron chi connectivity index (χ1n) is 9.43. The van der Waals surface area contributed by atoms with E-state index in [1.807, 2.05) is 0 Å². The summed E-state index contributed by atoms with van der Waals surface area (Å²) in [4.78, 5) is 24.9. The average Bonchev–Trinajstić information content (AvgIpc) is 3.02.